The molecule has 1 N–H and O–H groups in total. The highest BCUT2D eigenvalue weighted by molar-refractivity contribution is 5.95. The lowest BCUT2D eigenvalue weighted by Gasteiger charge is -2.20. The van der Waals surface area contributed by atoms with Gasteiger partial charge in [0.05, 0.1) is 32.2 Å². The molecule has 170 valence electrons. The van der Waals surface area contributed by atoms with Crippen molar-refractivity contribution in [3.63, 3.8) is 0 Å². The minimum absolute atomic E-state index is 0.0896. The number of hydrogen-bond donors (Lipinski definition) is 1. The molecular formula is C23H28N4O5. The maximum absolute atomic E-state index is 12.6. The average Bonchev–Trinajstić information content (AvgIpc) is 3.53. The van der Waals surface area contributed by atoms with Crippen LogP contribution in [0.1, 0.15) is 55.2 Å². The maximum atomic E-state index is 12.6. The lowest BCUT2D eigenvalue weighted by atomic mass is 9.99. The van der Waals surface area contributed by atoms with Gasteiger partial charge in [0.1, 0.15) is 11.3 Å². The Morgan fingerprint density at radius 3 is 2.47 bits per heavy atom. The van der Waals surface area contributed by atoms with Crippen molar-refractivity contribution in [1.82, 2.24) is 15.3 Å². The third kappa shape index (κ3) is 6.03. The molecular weight excluding hydrogens is 412 g/mol. The van der Waals surface area contributed by atoms with Gasteiger partial charge < -0.3 is 14.2 Å². The van der Waals surface area contributed by atoms with E-state index in [1.807, 2.05) is 24.3 Å². The van der Waals surface area contributed by atoms with Gasteiger partial charge in [-0.2, -0.15) is 0 Å². The van der Waals surface area contributed by atoms with Gasteiger partial charge in [-0.3, -0.25) is 4.79 Å². The van der Waals surface area contributed by atoms with Gasteiger partial charge in [-0.25, -0.2) is 25.1 Å². The van der Waals surface area contributed by atoms with Crippen LogP contribution >= 0.6 is 0 Å². The fraction of sp³-hybridized carbons (Fsp3) is 0.435. The lowest BCUT2D eigenvalue weighted by molar-refractivity contribution is 0.0551. The molecule has 0 unspecified atom stereocenters. The Morgan fingerprint density at radius 1 is 1.16 bits per heavy atom. The minimum Gasteiger partial charge on any atom is -0.480 e. The van der Waals surface area contributed by atoms with Crippen molar-refractivity contribution in [3.8, 4) is 5.88 Å². The molecule has 9 nitrogen and oxygen atoms in total. The van der Waals surface area contributed by atoms with E-state index in [1.54, 1.807) is 20.8 Å². The smallest absolute Gasteiger partial charge is 0.415 e. The molecule has 0 bridgehead atoms. The van der Waals surface area contributed by atoms with Crippen LogP contribution in [0.3, 0.4) is 0 Å². The number of nitrogens with one attached hydrogen (secondary N) is 1. The summed E-state index contributed by atoms with van der Waals surface area (Å²) >= 11 is 0. The van der Waals surface area contributed by atoms with Gasteiger partial charge >= 0.3 is 6.09 Å². The van der Waals surface area contributed by atoms with Crippen molar-refractivity contribution >= 4 is 17.9 Å². The number of hydrogen-bond acceptors (Lipinski definition) is 8. The number of nitrogens with zero attached hydrogens (tertiary/aromatic N) is 3. The Labute approximate surface area is 187 Å². The van der Waals surface area contributed by atoms with Crippen LogP contribution in [0.25, 0.3) is 0 Å². The van der Waals surface area contributed by atoms with E-state index in [0.29, 0.717) is 5.88 Å². The third-order valence-corrected chi connectivity index (χ3v) is 4.79. The number of alkyl carbamates (subject to hydrolysis) is 1. The highest BCUT2D eigenvalue weighted by Crippen LogP contribution is 2.49. The number of benzene rings is 1. The summed E-state index contributed by atoms with van der Waals surface area (Å²) in [5, 5.41) is 2.55. The molecule has 1 fully saturated rings. The molecule has 1 amide bonds. The van der Waals surface area contributed by atoms with Crippen molar-refractivity contribution < 1.29 is 23.8 Å². The van der Waals surface area contributed by atoms with E-state index in [0.717, 1.165) is 24.0 Å². The number of ketones is 1. The van der Waals surface area contributed by atoms with Crippen LogP contribution in [0.4, 0.5) is 4.79 Å². The normalized spacial score (nSPS) is 15.0. The maximum Gasteiger partial charge on any atom is 0.415 e. The van der Waals surface area contributed by atoms with E-state index in [2.05, 4.69) is 20.3 Å². The van der Waals surface area contributed by atoms with Crippen molar-refractivity contribution in [2.45, 2.75) is 51.2 Å². The first-order valence-electron chi connectivity index (χ1n) is 10.3. The Balaban J connectivity index is 1.73. The van der Waals surface area contributed by atoms with Gasteiger partial charge in [-0.15, -0.1) is 0 Å². The Morgan fingerprint density at radius 2 is 1.91 bits per heavy atom. The van der Waals surface area contributed by atoms with Crippen molar-refractivity contribution in [3.05, 3.63) is 53.5 Å². The molecule has 0 spiro atoms. The summed E-state index contributed by atoms with van der Waals surface area (Å²) in [4.78, 5) is 37.4. The zero-order valence-electron chi connectivity index (χ0n) is 19.0. The summed E-state index contributed by atoms with van der Waals surface area (Å²) in [5.74, 6) is 0.209. The monoisotopic (exact) mass is 440 g/mol. The molecule has 1 aliphatic rings. The number of aromatic nitrogens is 2. The second-order valence-electron chi connectivity index (χ2n) is 8.52. The topological polar surface area (TPSA) is 112 Å². The summed E-state index contributed by atoms with van der Waals surface area (Å²) in [6, 6.07) is 7.77. The van der Waals surface area contributed by atoms with E-state index in [1.165, 1.54) is 26.6 Å². The molecule has 2 aromatic rings. The van der Waals surface area contributed by atoms with Crippen LogP contribution in [0, 0.1) is 0 Å². The number of amidine groups is 1. The van der Waals surface area contributed by atoms with Gasteiger partial charge in [0, 0.05) is 6.42 Å². The highest BCUT2D eigenvalue weighted by Gasteiger charge is 2.45. The fourth-order valence-electron chi connectivity index (χ4n) is 3.11. The molecule has 1 aromatic carbocycles. The van der Waals surface area contributed by atoms with E-state index < -0.39 is 17.2 Å². The molecule has 0 saturated heterocycles. The zero-order chi connectivity index (χ0) is 23.4. The number of amides is 1. The predicted octanol–water partition coefficient (Wildman–Crippen LogP) is 3.43. The van der Waals surface area contributed by atoms with Crippen molar-refractivity contribution in [2.75, 3.05) is 14.2 Å². The summed E-state index contributed by atoms with van der Waals surface area (Å²) in [5.41, 5.74) is 0.933. The summed E-state index contributed by atoms with van der Waals surface area (Å²) in [6.45, 7) is 5.34. The van der Waals surface area contributed by atoms with Gasteiger partial charge in [-0.05, 0) is 44.7 Å². The quantitative estimate of drug-likeness (QED) is 0.416. The molecule has 1 heterocycles. The number of methoxy groups -OCH3 is 2. The number of ether oxygens (including phenoxy) is 3. The van der Waals surface area contributed by atoms with Crippen LogP contribution < -0.4 is 10.1 Å². The van der Waals surface area contributed by atoms with Crippen LogP contribution in [-0.2, 0) is 21.4 Å². The number of carbonyl (C=O) groups is 2. The Kier molecular flexibility index (Phi) is 6.76. The average molecular weight is 441 g/mol. The minimum atomic E-state index is -0.631. The largest absolute Gasteiger partial charge is 0.480 e. The Bertz CT molecular complexity index is 1010. The van der Waals surface area contributed by atoms with E-state index in [4.69, 9.17) is 14.2 Å². The molecule has 1 aliphatic carbocycles. The molecule has 9 heteroatoms. The van der Waals surface area contributed by atoms with Crippen molar-refractivity contribution in [1.29, 1.82) is 0 Å². The van der Waals surface area contributed by atoms with Crippen LogP contribution in [-0.4, -0.2) is 47.7 Å². The van der Waals surface area contributed by atoms with E-state index in [-0.39, 0.29) is 23.9 Å². The predicted molar refractivity (Wildman–Crippen MR) is 118 cm³/mol. The second kappa shape index (κ2) is 9.33. The van der Waals surface area contributed by atoms with E-state index in [9.17, 15) is 9.59 Å². The van der Waals surface area contributed by atoms with Gasteiger partial charge in [0.2, 0.25) is 5.88 Å². The highest BCUT2D eigenvalue weighted by atomic mass is 16.6. The molecule has 3 rings (SSSR count). The summed E-state index contributed by atoms with van der Waals surface area (Å²) < 4.78 is 15.5. The van der Waals surface area contributed by atoms with Crippen molar-refractivity contribution in [2.24, 2.45) is 4.99 Å². The standard InChI is InChI=1S/C23H28N4O5/c1-22(2,3)32-21(29)26-20(31-5)27-23(9-10-23)16-8-6-7-15(11-16)12-18(28)17-13-25-19(30-4)14-24-17/h6-8,11,13-14H,9-10,12H2,1-5H3,(H,26,27,29). The molecule has 32 heavy (non-hydrogen) atoms. The van der Waals surface area contributed by atoms with Gasteiger partial charge in [0.15, 0.2) is 5.78 Å². The first-order valence-corrected chi connectivity index (χ1v) is 10.3. The van der Waals surface area contributed by atoms with Gasteiger partial charge in [0.25, 0.3) is 6.02 Å². The van der Waals surface area contributed by atoms with Crippen LogP contribution in [0.15, 0.2) is 41.7 Å². The third-order valence-electron chi connectivity index (χ3n) is 4.79. The summed E-state index contributed by atoms with van der Waals surface area (Å²) in [6.07, 6.45) is 3.98. The SMILES string of the molecule is COC(=NC1(c2cccc(CC(=O)c3cnc(OC)cn3)c2)CC1)NC(=O)OC(C)(C)C. The molecule has 1 saturated carbocycles. The van der Waals surface area contributed by atoms with E-state index >= 15 is 0 Å². The Hall–Kier alpha value is -3.49. The lowest BCUT2D eigenvalue weighted by Crippen LogP contribution is -2.37. The fourth-order valence-corrected chi connectivity index (χ4v) is 3.11. The zero-order valence-corrected chi connectivity index (χ0v) is 19.0. The number of Topliss-reactive ketones (excluding diaryl/α,β-unsaturated/α-hetero) is 1. The van der Waals surface area contributed by atoms with Crippen LogP contribution in [0.2, 0.25) is 0 Å². The first kappa shape index (κ1) is 23.2. The van der Waals surface area contributed by atoms with Gasteiger partial charge in [-0.1, -0.05) is 24.3 Å². The molecule has 0 atom stereocenters. The number of rotatable bonds is 6. The second-order valence-corrected chi connectivity index (χ2v) is 8.52. The molecule has 0 aliphatic heterocycles. The van der Waals surface area contributed by atoms with Crippen LogP contribution in [0.5, 0.6) is 5.88 Å². The number of aliphatic imine (C=N–C) groups is 1. The first-order chi connectivity index (χ1) is 15.1. The number of carbonyl (C=O) groups excluding carboxylic acids is 2. The summed E-state index contributed by atoms with van der Waals surface area (Å²) in [7, 11) is 2.93. The molecule has 0 radical (unpaired) electrons. The molecule has 1 aromatic heterocycles.